The summed E-state index contributed by atoms with van der Waals surface area (Å²) in [7, 11) is 1.66. The van der Waals surface area contributed by atoms with Crippen molar-refractivity contribution in [3.63, 3.8) is 0 Å². The van der Waals surface area contributed by atoms with Crippen molar-refractivity contribution >= 4 is 5.97 Å². The van der Waals surface area contributed by atoms with Gasteiger partial charge in [0.05, 0.1) is 18.3 Å². The van der Waals surface area contributed by atoms with Crippen molar-refractivity contribution in [2.45, 2.75) is 82.3 Å². The Kier molecular flexibility index (Phi) is 8.37. The predicted octanol–water partition coefficient (Wildman–Crippen LogP) is 7.06. The average Bonchev–Trinajstić information content (AvgIpc) is 2.87. The summed E-state index contributed by atoms with van der Waals surface area (Å²) in [5, 5.41) is 0. The van der Waals surface area contributed by atoms with E-state index in [1.165, 1.54) is 18.2 Å². The zero-order valence-electron chi connectivity index (χ0n) is 20.3. The highest BCUT2D eigenvalue weighted by atomic mass is 19.2. The summed E-state index contributed by atoms with van der Waals surface area (Å²) in [4.78, 5) is 12.6. The minimum Gasteiger partial charge on any atom is -0.491 e. The quantitative estimate of drug-likeness (QED) is 0.390. The molecule has 2 fully saturated rings. The van der Waals surface area contributed by atoms with Gasteiger partial charge in [-0.05, 0) is 99.5 Å². The van der Waals surface area contributed by atoms with Crippen LogP contribution in [-0.4, -0.2) is 31.9 Å². The van der Waals surface area contributed by atoms with E-state index in [1.54, 1.807) is 20.1 Å². The molecule has 2 saturated carbocycles. The minimum atomic E-state index is -1.14. The summed E-state index contributed by atoms with van der Waals surface area (Å²) in [5.41, 5.74) is 0.836. The molecule has 0 aromatic heterocycles. The molecule has 4 rings (SSSR count). The second kappa shape index (κ2) is 11.5. The van der Waals surface area contributed by atoms with Crippen LogP contribution in [0.2, 0.25) is 0 Å². The van der Waals surface area contributed by atoms with E-state index < -0.39 is 17.6 Å². The van der Waals surface area contributed by atoms with Crippen LogP contribution >= 0.6 is 0 Å². The Morgan fingerprint density at radius 1 is 0.857 bits per heavy atom. The number of carbonyl (C=O) groups excluding carboxylic acids is 1. The van der Waals surface area contributed by atoms with Gasteiger partial charge in [-0.1, -0.05) is 12.1 Å². The van der Waals surface area contributed by atoms with Crippen molar-refractivity contribution in [3.8, 4) is 5.75 Å². The molecular weight excluding hydrogens is 457 g/mol. The molecule has 2 aliphatic carbocycles. The normalized spacial score (nSPS) is 24.7. The molecule has 0 unspecified atom stereocenters. The Morgan fingerprint density at radius 2 is 1.51 bits per heavy atom. The molecule has 2 aliphatic rings. The zero-order valence-corrected chi connectivity index (χ0v) is 20.3. The van der Waals surface area contributed by atoms with Crippen LogP contribution in [0.4, 0.5) is 13.2 Å². The lowest BCUT2D eigenvalue weighted by Gasteiger charge is -2.29. The number of halogens is 3. The van der Waals surface area contributed by atoms with Crippen molar-refractivity contribution in [1.29, 1.82) is 0 Å². The van der Waals surface area contributed by atoms with E-state index in [0.717, 1.165) is 31.2 Å². The highest BCUT2D eigenvalue weighted by Gasteiger charge is 2.30. The predicted molar refractivity (Wildman–Crippen MR) is 126 cm³/mol. The topological polar surface area (TPSA) is 44.8 Å². The third kappa shape index (κ3) is 5.83. The van der Waals surface area contributed by atoms with Crippen molar-refractivity contribution < 1.29 is 32.2 Å². The number of rotatable bonds is 7. The first-order valence-electron chi connectivity index (χ1n) is 12.5. The van der Waals surface area contributed by atoms with Crippen LogP contribution in [0.25, 0.3) is 0 Å². The van der Waals surface area contributed by atoms with Gasteiger partial charge in [0.1, 0.15) is 6.10 Å². The molecule has 4 nitrogen and oxygen atoms in total. The van der Waals surface area contributed by atoms with Crippen LogP contribution in [0.5, 0.6) is 5.75 Å². The number of benzene rings is 2. The SMILES string of the molecule is CCOc1ccc(C2CCC(OC(=O)c3ccc(C4CCC(OC)CC4)c(F)c3F)CC2)cc1F. The third-order valence-electron chi connectivity index (χ3n) is 7.45. The molecule has 2 aromatic rings. The first kappa shape index (κ1) is 25.5. The Labute approximate surface area is 204 Å². The molecule has 2 aromatic carbocycles. The summed E-state index contributed by atoms with van der Waals surface area (Å²) >= 11 is 0. The molecule has 0 N–H and O–H groups in total. The van der Waals surface area contributed by atoms with E-state index in [-0.39, 0.29) is 41.2 Å². The van der Waals surface area contributed by atoms with Gasteiger partial charge in [0.2, 0.25) is 0 Å². The average molecular weight is 491 g/mol. The summed E-state index contributed by atoms with van der Waals surface area (Å²) in [6.07, 6.45) is 5.42. The Hall–Kier alpha value is -2.54. The highest BCUT2D eigenvalue weighted by molar-refractivity contribution is 5.90. The Bertz CT molecular complexity index is 1030. The van der Waals surface area contributed by atoms with E-state index in [2.05, 4.69) is 0 Å². The van der Waals surface area contributed by atoms with Crippen molar-refractivity contribution in [1.82, 2.24) is 0 Å². The van der Waals surface area contributed by atoms with Gasteiger partial charge >= 0.3 is 5.97 Å². The first-order valence-corrected chi connectivity index (χ1v) is 12.5. The number of methoxy groups -OCH3 is 1. The number of esters is 1. The van der Waals surface area contributed by atoms with Crippen molar-refractivity contribution in [2.75, 3.05) is 13.7 Å². The van der Waals surface area contributed by atoms with Crippen LogP contribution in [0.1, 0.15) is 91.6 Å². The lowest BCUT2D eigenvalue weighted by molar-refractivity contribution is 0.0189. The second-order valence-corrected chi connectivity index (χ2v) is 9.54. The maximum absolute atomic E-state index is 14.9. The molecule has 0 radical (unpaired) electrons. The maximum atomic E-state index is 14.9. The molecule has 0 saturated heterocycles. The van der Waals surface area contributed by atoms with E-state index in [1.807, 2.05) is 6.07 Å². The van der Waals surface area contributed by atoms with Crippen molar-refractivity contribution in [2.24, 2.45) is 0 Å². The summed E-state index contributed by atoms with van der Waals surface area (Å²) in [5.74, 6) is -3.01. The monoisotopic (exact) mass is 490 g/mol. The van der Waals surface area contributed by atoms with Gasteiger partial charge in [0.15, 0.2) is 23.2 Å². The fraction of sp³-hybridized carbons (Fsp3) is 0.536. The maximum Gasteiger partial charge on any atom is 0.341 e. The van der Waals surface area contributed by atoms with Crippen LogP contribution in [0.3, 0.4) is 0 Å². The van der Waals surface area contributed by atoms with E-state index in [9.17, 15) is 18.0 Å². The van der Waals surface area contributed by atoms with Crippen LogP contribution in [0.15, 0.2) is 30.3 Å². The zero-order chi connectivity index (χ0) is 24.9. The van der Waals surface area contributed by atoms with Crippen LogP contribution < -0.4 is 4.74 Å². The smallest absolute Gasteiger partial charge is 0.341 e. The lowest BCUT2D eigenvalue weighted by atomic mass is 9.82. The minimum absolute atomic E-state index is 0.0799. The van der Waals surface area contributed by atoms with E-state index in [4.69, 9.17) is 14.2 Å². The molecule has 7 heteroatoms. The van der Waals surface area contributed by atoms with Crippen molar-refractivity contribution in [3.05, 3.63) is 64.5 Å². The van der Waals surface area contributed by atoms with Gasteiger partial charge in [-0.2, -0.15) is 0 Å². The molecule has 0 spiro atoms. The molecule has 0 atom stereocenters. The summed E-state index contributed by atoms with van der Waals surface area (Å²) in [6.45, 7) is 2.20. The third-order valence-corrected chi connectivity index (χ3v) is 7.45. The number of carbonyl (C=O) groups is 1. The standard InChI is InChI=1S/C28H33F3O4/c1-3-34-25-15-8-19(16-24(25)29)17-4-11-21(12-5-17)35-28(32)23-14-13-22(26(30)27(23)31)18-6-9-20(33-2)10-7-18/h8,13-18,20-21H,3-7,9-12H2,1-2H3. The van der Waals surface area contributed by atoms with Crippen LogP contribution in [0, 0.1) is 17.5 Å². The molecular formula is C28H33F3O4. The second-order valence-electron chi connectivity index (χ2n) is 9.54. The summed E-state index contributed by atoms with van der Waals surface area (Å²) in [6, 6.07) is 7.87. The van der Waals surface area contributed by atoms with Gasteiger partial charge < -0.3 is 14.2 Å². The number of hydrogen-bond acceptors (Lipinski definition) is 4. The fourth-order valence-electron chi connectivity index (χ4n) is 5.42. The van der Waals surface area contributed by atoms with Gasteiger partial charge in [-0.15, -0.1) is 0 Å². The molecule has 0 amide bonds. The van der Waals surface area contributed by atoms with Gasteiger partial charge in [0, 0.05) is 7.11 Å². The first-order chi connectivity index (χ1) is 16.9. The largest absolute Gasteiger partial charge is 0.491 e. The molecule has 0 heterocycles. The highest BCUT2D eigenvalue weighted by Crippen LogP contribution is 2.38. The number of hydrogen-bond donors (Lipinski definition) is 0. The Balaban J connectivity index is 1.34. The molecule has 190 valence electrons. The fourth-order valence-corrected chi connectivity index (χ4v) is 5.42. The van der Waals surface area contributed by atoms with Gasteiger partial charge in [0.25, 0.3) is 0 Å². The lowest BCUT2D eigenvalue weighted by Crippen LogP contribution is -2.25. The summed E-state index contributed by atoms with van der Waals surface area (Å²) < 4.78 is 60.0. The van der Waals surface area contributed by atoms with E-state index in [0.29, 0.717) is 37.9 Å². The van der Waals surface area contributed by atoms with E-state index >= 15 is 0 Å². The molecule has 35 heavy (non-hydrogen) atoms. The van der Waals surface area contributed by atoms with Gasteiger partial charge in [-0.25, -0.2) is 18.0 Å². The Morgan fingerprint density at radius 3 is 2.14 bits per heavy atom. The molecule has 0 aliphatic heterocycles. The van der Waals surface area contributed by atoms with Gasteiger partial charge in [-0.3, -0.25) is 0 Å². The number of ether oxygens (including phenoxy) is 3. The van der Waals surface area contributed by atoms with Crippen LogP contribution in [-0.2, 0) is 9.47 Å². The molecule has 0 bridgehead atoms.